The minimum atomic E-state index is -0.380. The molecule has 19 heavy (non-hydrogen) atoms. The lowest BCUT2D eigenvalue weighted by atomic mass is 10.2. The summed E-state index contributed by atoms with van der Waals surface area (Å²) in [6.45, 7) is 5.50. The highest BCUT2D eigenvalue weighted by Crippen LogP contribution is 2.19. The standard InChI is InChI=1S/C11H15ClN4O2S/c1-4-5-19-7(2)9(16-18-3)11(17)14-8-6-13-15-10(8)12/h4,6-7H,1,5H2,2-3H3,(H,13,15)(H,14,17). The van der Waals surface area contributed by atoms with Crippen LogP contribution in [0.5, 0.6) is 0 Å². The SMILES string of the molecule is C=CCSC(C)C(=NOC)C(=O)Nc1cn[nH]c1Cl. The normalized spacial score (nSPS) is 12.9. The van der Waals surface area contributed by atoms with E-state index < -0.39 is 0 Å². The van der Waals surface area contributed by atoms with Gasteiger partial charge >= 0.3 is 0 Å². The van der Waals surface area contributed by atoms with Gasteiger partial charge < -0.3 is 10.2 Å². The van der Waals surface area contributed by atoms with Gasteiger partial charge in [-0.05, 0) is 6.92 Å². The van der Waals surface area contributed by atoms with Crippen molar-refractivity contribution in [3.63, 3.8) is 0 Å². The van der Waals surface area contributed by atoms with Gasteiger partial charge in [0.1, 0.15) is 12.3 Å². The molecule has 1 unspecified atom stereocenters. The third kappa shape index (κ3) is 4.60. The van der Waals surface area contributed by atoms with Gasteiger partial charge in [-0.3, -0.25) is 9.89 Å². The summed E-state index contributed by atoms with van der Waals surface area (Å²) < 4.78 is 0. The zero-order valence-corrected chi connectivity index (χ0v) is 12.2. The quantitative estimate of drug-likeness (QED) is 0.460. The predicted molar refractivity (Wildman–Crippen MR) is 78.8 cm³/mol. The zero-order valence-electron chi connectivity index (χ0n) is 10.6. The largest absolute Gasteiger partial charge is 0.399 e. The summed E-state index contributed by atoms with van der Waals surface area (Å²) in [5, 5.41) is 12.7. The van der Waals surface area contributed by atoms with Gasteiger partial charge in [0.25, 0.3) is 5.91 Å². The first-order chi connectivity index (χ1) is 9.10. The number of hydrogen-bond acceptors (Lipinski definition) is 5. The van der Waals surface area contributed by atoms with Gasteiger partial charge in [-0.2, -0.15) is 5.10 Å². The molecule has 0 aromatic carbocycles. The number of carbonyl (C=O) groups excluding carboxylic acids is 1. The van der Waals surface area contributed by atoms with E-state index >= 15 is 0 Å². The highest BCUT2D eigenvalue weighted by atomic mass is 35.5. The van der Waals surface area contributed by atoms with E-state index in [1.165, 1.54) is 25.1 Å². The Labute approximate surface area is 120 Å². The van der Waals surface area contributed by atoms with E-state index in [0.717, 1.165) is 0 Å². The maximum atomic E-state index is 12.1. The molecule has 1 heterocycles. The number of thioether (sulfide) groups is 1. The van der Waals surface area contributed by atoms with Crippen LogP contribution in [-0.2, 0) is 9.63 Å². The van der Waals surface area contributed by atoms with E-state index in [1.54, 1.807) is 6.08 Å². The molecule has 0 aliphatic heterocycles. The maximum absolute atomic E-state index is 12.1. The third-order valence-corrected chi connectivity index (χ3v) is 3.55. The van der Waals surface area contributed by atoms with Crippen LogP contribution in [0, 0.1) is 0 Å². The van der Waals surface area contributed by atoms with Gasteiger partial charge in [0.05, 0.1) is 17.1 Å². The van der Waals surface area contributed by atoms with Crippen molar-refractivity contribution < 1.29 is 9.63 Å². The minimum Gasteiger partial charge on any atom is -0.399 e. The van der Waals surface area contributed by atoms with E-state index in [-0.39, 0.29) is 22.0 Å². The van der Waals surface area contributed by atoms with Gasteiger partial charge in [0, 0.05) is 5.75 Å². The molecule has 0 spiro atoms. The van der Waals surface area contributed by atoms with Crippen molar-refractivity contribution in [2.24, 2.45) is 5.16 Å². The van der Waals surface area contributed by atoms with E-state index in [1.807, 2.05) is 6.92 Å². The molecule has 1 aromatic rings. The van der Waals surface area contributed by atoms with Crippen molar-refractivity contribution in [3.8, 4) is 0 Å². The predicted octanol–water partition coefficient (Wildman–Crippen LogP) is 2.31. The molecule has 0 aliphatic carbocycles. The first kappa shape index (κ1) is 15.6. The number of hydrogen-bond donors (Lipinski definition) is 2. The fraction of sp³-hybridized carbons (Fsp3) is 0.364. The molecule has 1 atom stereocenters. The van der Waals surface area contributed by atoms with Crippen molar-refractivity contribution in [2.75, 3.05) is 18.2 Å². The highest BCUT2D eigenvalue weighted by Gasteiger charge is 2.21. The van der Waals surface area contributed by atoms with Crippen molar-refractivity contribution in [1.29, 1.82) is 0 Å². The topological polar surface area (TPSA) is 79.4 Å². The number of nitrogens with zero attached hydrogens (tertiary/aromatic N) is 2. The summed E-state index contributed by atoms with van der Waals surface area (Å²) in [6.07, 6.45) is 3.18. The molecule has 8 heteroatoms. The highest BCUT2D eigenvalue weighted by molar-refractivity contribution is 8.00. The molecule has 0 aliphatic rings. The lowest BCUT2D eigenvalue weighted by Gasteiger charge is -2.12. The third-order valence-electron chi connectivity index (χ3n) is 2.11. The molecule has 0 saturated heterocycles. The Hall–Kier alpha value is -1.47. The monoisotopic (exact) mass is 302 g/mol. The number of halogens is 1. The molecule has 1 aromatic heterocycles. The number of nitrogens with one attached hydrogen (secondary N) is 2. The molecule has 1 amide bonds. The molecule has 0 radical (unpaired) electrons. The van der Waals surface area contributed by atoms with Crippen LogP contribution in [0.2, 0.25) is 5.15 Å². The molecule has 2 N–H and O–H groups in total. The summed E-state index contributed by atoms with van der Waals surface area (Å²) >= 11 is 7.33. The maximum Gasteiger partial charge on any atom is 0.274 e. The molecule has 1 rings (SSSR count). The van der Waals surface area contributed by atoms with Crippen molar-refractivity contribution in [1.82, 2.24) is 10.2 Å². The molecule has 6 nitrogen and oxygen atoms in total. The second kappa shape index (κ2) is 7.85. The number of amides is 1. The summed E-state index contributed by atoms with van der Waals surface area (Å²) in [6, 6.07) is 0. The Kier molecular flexibility index (Phi) is 6.44. The Morgan fingerprint density at radius 3 is 3.11 bits per heavy atom. The fourth-order valence-corrected chi connectivity index (χ4v) is 2.11. The van der Waals surface area contributed by atoms with Gasteiger partial charge in [-0.1, -0.05) is 22.8 Å². The number of aromatic amines is 1. The Bertz CT molecular complexity index is 475. The van der Waals surface area contributed by atoms with Crippen LogP contribution in [0.1, 0.15) is 6.92 Å². The molecule has 0 saturated carbocycles. The Morgan fingerprint density at radius 2 is 2.58 bits per heavy atom. The smallest absolute Gasteiger partial charge is 0.274 e. The first-order valence-electron chi connectivity index (χ1n) is 5.43. The zero-order chi connectivity index (χ0) is 14.3. The van der Waals surface area contributed by atoms with Gasteiger partial charge in [0.2, 0.25) is 0 Å². The molecule has 0 bridgehead atoms. The summed E-state index contributed by atoms with van der Waals surface area (Å²) in [7, 11) is 1.39. The van der Waals surface area contributed by atoms with Crippen LogP contribution in [0.15, 0.2) is 24.0 Å². The second-order valence-electron chi connectivity index (χ2n) is 3.48. The summed E-state index contributed by atoms with van der Waals surface area (Å²) in [5.41, 5.74) is 0.669. The fourth-order valence-electron chi connectivity index (χ4n) is 1.23. The average molecular weight is 303 g/mol. The lowest BCUT2D eigenvalue weighted by molar-refractivity contribution is -0.110. The van der Waals surface area contributed by atoms with Crippen LogP contribution in [0.25, 0.3) is 0 Å². The average Bonchev–Trinajstić information content (AvgIpc) is 2.78. The number of H-pyrrole nitrogens is 1. The molecule has 104 valence electrons. The van der Waals surface area contributed by atoms with Crippen molar-refractivity contribution in [3.05, 3.63) is 24.0 Å². The van der Waals surface area contributed by atoms with Crippen molar-refractivity contribution in [2.45, 2.75) is 12.2 Å². The number of rotatable bonds is 7. The van der Waals surface area contributed by atoms with Crippen LogP contribution in [-0.4, -0.2) is 39.9 Å². The molecule has 0 fully saturated rings. The van der Waals surface area contributed by atoms with Crippen LogP contribution in [0.4, 0.5) is 5.69 Å². The van der Waals surface area contributed by atoms with Gasteiger partial charge in [-0.15, -0.1) is 18.3 Å². The first-order valence-corrected chi connectivity index (χ1v) is 6.86. The van der Waals surface area contributed by atoms with Crippen LogP contribution < -0.4 is 5.32 Å². The Morgan fingerprint density at radius 1 is 1.84 bits per heavy atom. The number of anilines is 1. The summed E-state index contributed by atoms with van der Waals surface area (Å²) in [5.74, 6) is 0.332. The molecular weight excluding hydrogens is 288 g/mol. The van der Waals surface area contributed by atoms with Gasteiger partial charge in [0.15, 0.2) is 5.71 Å². The summed E-state index contributed by atoms with van der Waals surface area (Å²) in [4.78, 5) is 16.8. The second-order valence-corrected chi connectivity index (χ2v) is 5.23. The molecular formula is C11H15ClN4O2S. The van der Waals surface area contributed by atoms with Crippen LogP contribution >= 0.6 is 23.4 Å². The van der Waals surface area contributed by atoms with E-state index in [4.69, 9.17) is 16.4 Å². The minimum absolute atomic E-state index is 0.136. The Balaban J connectivity index is 2.76. The number of aromatic nitrogens is 2. The van der Waals surface area contributed by atoms with E-state index in [2.05, 4.69) is 27.2 Å². The number of carbonyl (C=O) groups is 1. The van der Waals surface area contributed by atoms with Gasteiger partial charge in [-0.25, -0.2) is 0 Å². The van der Waals surface area contributed by atoms with E-state index in [9.17, 15) is 4.79 Å². The van der Waals surface area contributed by atoms with Crippen LogP contribution in [0.3, 0.4) is 0 Å². The lowest BCUT2D eigenvalue weighted by Crippen LogP contribution is -2.30. The van der Waals surface area contributed by atoms with Crippen molar-refractivity contribution >= 4 is 40.7 Å². The number of oxime groups is 1. The van der Waals surface area contributed by atoms with E-state index in [0.29, 0.717) is 11.4 Å².